The van der Waals surface area contributed by atoms with Gasteiger partial charge in [-0.15, -0.1) is 0 Å². The highest BCUT2D eigenvalue weighted by atomic mass is 16.7. The van der Waals surface area contributed by atoms with Crippen molar-refractivity contribution < 1.29 is 29.6 Å². The number of nitrogen functional groups attached to an aromatic ring is 1. The fourth-order valence-corrected chi connectivity index (χ4v) is 2.19. The van der Waals surface area contributed by atoms with Crippen LogP contribution in [0.25, 0.3) is 5.52 Å². The number of hydrogen-bond donors (Lipinski definition) is 4. The highest BCUT2D eigenvalue weighted by Crippen LogP contribution is 2.29. The number of ether oxygens (including phenoxy) is 2. The van der Waals surface area contributed by atoms with E-state index in [0.29, 0.717) is 5.52 Å². The van der Waals surface area contributed by atoms with Gasteiger partial charge in [-0.05, 0) is 12.1 Å². The lowest BCUT2D eigenvalue weighted by Crippen LogP contribution is -2.50. The third kappa shape index (κ3) is 2.93. The zero-order valence-electron chi connectivity index (χ0n) is 12.5. The van der Waals surface area contributed by atoms with Gasteiger partial charge in [0.2, 0.25) is 5.60 Å². The number of nitriles is 1. The van der Waals surface area contributed by atoms with Gasteiger partial charge in [0.15, 0.2) is 5.82 Å². The van der Waals surface area contributed by atoms with E-state index in [4.69, 9.17) is 15.6 Å². The molecule has 2 aromatic rings. The maximum Gasteiger partial charge on any atom is 0.505 e. The van der Waals surface area contributed by atoms with Crippen molar-refractivity contribution in [1.82, 2.24) is 14.6 Å². The number of nitrogens with zero attached hydrogens (tertiary/aromatic N) is 4. The van der Waals surface area contributed by atoms with Crippen molar-refractivity contribution in [1.29, 1.82) is 5.26 Å². The number of rotatable bonds is 6. The minimum atomic E-state index is -2.11. The number of anilines is 1. The van der Waals surface area contributed by atoms with Crippen LogP contribution in [0.4, 0.5) is 10.6 Å². The maximum absolute atomic E-state index is 10.5. The first-order valence-corrected chi connectivity index (χ1v) is 6.62. The van der Waals surface area contributed by atoms with E-state index >= 15 is 0 Å². The van der Waals surface area contributed by atoms with E-state index < -0.39 is 30.6 Å². The molecule has 0 aromatic carbocycles. The van der Waals surface area contributed by atoms with Crippen LogP contribution in [0.2, 0.25) is 0 Å². The predicted octanol–water partition coefficient (Wildman–Crippen LogP) is -0.691. The summed E-state index contributed by atoms with van der Waals surface area (Å²) in [6, 6.07) is 4.59. The Morgan fingerprint density at radius 2 is 2.25 bits per heavy atom. The first-order chi connectivity index (χ1) is 11.4. The smallest absolute Gasteiger partial charge is 0.450 e. The Labute approximate surface area is 135 Å². The second-order valence-electron chi connectivity index (χ2n) is 4.85. The number of nitrogens with two attached hydrogens (primary N) is 1. The Bertz CT molecular complexity index is 787. The van der Waals surface area contributed by atoms with Gasteiger partial charge in [-0.25, -0.2) is 14.3 Å². The van der Waals surface area contributed by atoms with Crippen molar-refractivity contribution in [3.05, 3.63) is 24.2 Å². The van der Waals surface area contributed by atoms with Crippen LogP contribution in [0.15, 0.2) is 18.5 Å². The molecule has 24 heavy (non-hydrogen) atoms. The van der Waals surface area contributed by atoms with E-state index in [0.717, 1.165) is 13.4 Å². The summed E-state index contributed by atoms with van der Waals surface area (Å²) in [5.41, 5.74) is 4.08. The first kappa shape index (κ1) is 17.4. The topological polar surface area (TPSA) is 176 Å². The average molecular weight is 337 g/mol. The Morgan fingerprint density at radius 1 is 1.54 bits per heavy atom. The number of aliphatic hydroxyl groups excluding tert-OH is 2. The van der Waals surface area contributed by atoms with Gasteiger partial charge in [-0.1, -0.05) is 0 Å². The van der Waals surface area contributed by atoms with E-state index in [1.807, 2.05) is 0 Å². The third-order valence-corrected chi connectivity index (χ3v) is 3.55. The van der Waals surface area contributed by atoms with Gasteiger partial charge in [-0.3, -0.25) is 0 Å². The Kier molecular flexibility index (Phi) is 4.84. The van der Waals surface area contributed by atoms with E-state index in [1.165, 1.54) is 16.6 Å². The molecule has 0 saturated carbocycles. The predicted molar refractivity (Wildman–Crippen MR) is 77.7 cm³/mol. The molecule has 11 heteroatoms. The van der Waals surface area contributed by atoms with Crippen molar-refractivity contribution in [3.63, 3.8) is 0 Å². The summed E-state index contributed by atoms with van der Waals surface area (Å²) in [5, 5.41) is 42.6. The van der Waals surface area contributed by atoms with Gasteiger partial charge in [-0.2, -0.15) is 10.4 Å². The summed E-state index contributed by atoms with van der Waals surface area (Å²) in [6.45, 7) is -0.798. The number of aliphatic hydroxyl groups is 2. The van der Waals surface area contributed by atoms with Crippen molar-refractivity contribution in [3.8, 4) is 6.07 Å². The van der Waals surface area contributed by atoms with Gasteiger partial charge in [0.05, 0.1) is 5.69 Å². The molecule has 5 N–H and O–H groups in total. The van der Waals surface area contributed by atoms with Crippen LogP contribution in [0.3, 0.4) is 0 Å². The molecule has 0 fully saturated rings. The molecule has 0 amide bonds. The lowest BCUT2D eigenvalue weighted by molar-refractivity contribution is -0.138. The Hall–Kier alpha value is -2.94. The number of carboxylic acid groups (broad SMARTS) is 1. The molecule has 128 valence electrons. The number of hydrogen-bond acceptors (Lipinski definition) is 9. The van der Waals surface area contributed by atoms with Gasteiger partial charge in [0.25, 0.3) is 0 Å². The maximum atomic E-state index is 10.5. The molecule has 0 saturated heterocycles. The highest BCUT2D eigenvalue weighted by Gasteiger charge is 2.45. The summed E-state index contributed by atoms with van der Waals surface area (Å²) in [5.74, 6) is 0.158. The quantitative estimate of drug-likeness (QED) is 0.493. The van der Waals surface area contributed by atoms with Gasteiger partial charge >= 0.3 is 6.16 Å². The molecule has 0 spiro atoms. The molecular formula is C13H15N5O6. The molecule has 2 heterocycles. The minimum absolute atomic E-state index is 0.110. The lowest BCUT2D eigenvalue weighted by atomic mass is 9.93. The summed E-state index contributed by atoms with van der Waals surface area (Å²) < 4.78 is 10.5. The summed E-state index contributed by atoms with van der Waals surface area (Å²) in [4.78, 5) is 14.3. The number of aromatic nitrogens is 3. The van der Waals surface area contributed by atoms with E-state index in [2.05, 4.69) is 14.8 Å². The van der Waals surface area contributed by atoms with Gasteiger partial charge in [0, 0.05) is 7.11 Å². The van der Waals surface area contributed by atoms with Crippen molar-refractivity contribution >= 4 is 17.5 Å². The molecule has 0 bridgehead atoms. The van der Waals surface area contributed by atoms with Crippen LogP contribution in [0.5, 0.6) is 0 Å². The molecular weight excluding hydrogens is 322 g/mol. The van der Waals surface area contributed by atoms with Crippen LogP contribution < -0.4 is 5.73 Å². The van der Waals surface area contributed by atoms with Crippen LogP contribution in [0.1, 0.15) is 11.8 Å². The molecule has 0 radical (unpaired) electrons. The summed E-state index contributed by atoms with van der Waals surface area (Å²) >= 11 is 0. The van der Waals surface area contributed by atoms with E-state index in [-0.39, 0.29) is 11.5 Å². The second kappa shape index (κ2) is 6.67. The van der Waals surface area contributed by atoms with Crippen molar-refractivity contribution in [2.45, 2.75) is 17.8 Å². The Balaban J connectivity index is 2.38. The number of methoxy groups -OCH3 is 1. The molecule has 2 rings (SSSR count). The molecule has 0 aliphatic heterocycles. The highest BCUT2D eigenvalue weighted by molar-refractivity contribution is 5.65. The van der Waals surface area contributed by atoms with Crippen molar-refractivity contribution in [2.75, 3.05) is 19.5 Å². The molecule has 0 unspecified atom stereocenters. The zero-order valence-corrected chi connectivity index (χ0v) is 12.5. The van der Waals surface area contributed by atoms with Crippen LogP contribution in [0, 0.1) is 11.3 Å². The normalized spacial score (nSPS) is 16.1. The summed E-state index contributed by atoms with van der Waals surface area (Å²) in [6.07, 6.45) is -3.96. The largest absolute Gasteiger partial charge is 0.505 e. The lowest BCUT2D eigenvalue weighted by Gasteiger charge is -2.31. The standard InChI is InChI=1S/C13H15N5O6/c1-23-13(4-14,5-24-12(21)22)10(20)9(19)7-2-3-8-11(15)16-6-17-18(7)8/h2-3,6,9-10,19-20H,5H2,1H3,(H,21,22)(H2,15,16,17)/t9-,10-,13+/m0/s1. The fraction of sp³-hybridized carbons (Fsp3) is 0.385. The third-order valence-electron chi connectivity index (χ3n) is 3.55. The number of carbonyl (C=O) groups is 1. The van der Waals surface area contributed by atoms with Crippen LogP contribution in [-0.2, 0) is 9.47 Å². The van der Waals surface area contributed by atoms with Crippen LogP contribution in [-0.4, -0.2) is 61.5 Å². The minimum Gasteiger partial charge on any atom is -0.450 e. The monoisotopic (exact) mass is 337 g/mol. The number of fused-ring (bicyclic) bond motifs is 1. The Morgan fingerprint density at radius 3 is 2.83 bits per heavy atom. The molecule has 2 aromatic heterocycles. The zero-order chi connectivity index (χ0) is 17.9. The molecule has 11 nitrogen and oxygen atoms in total. The SMILES string of the molecule is CO[C@](C#N)(COC(=O)O)[C@@H](O)[C@@H](O)c1ccc2c(N)ncnn12. The van der Waals surface area contributed by atoms with E-state index in [1.54, 1.807) is 6.07 Å². The van der Waals surface area contributed by atoms with E-state index in [9.17, 15) is 20.3 Å². The average Bonchev–Trinajstić information content (AvgIpc) is 3.00. The fourth-order valence-electron chi connectivity index (χ4n) is 2.19. The van der Waals surface area contributed by atoms with Crippen LogP contribution >= 0.6 is 0 Å². The van der Waals surface area contributed by atoms with Gasteiger partial charge in [0.1, 0.15) is 36.7 Å². The molecule has 3 atom stereocenters. The second-order valence-corrected chi connectivity index (χ2v) is 4.85. The first-order valence-electron chi connectivity index (χ1n) is 6.62. The van der Waals surface area contributed by atoms with Crippen molar-refractivity contribution in [2.24, 2.45) is 0 Å². The molecule has 0 aliphatic rings. The van der Waals surface area contributed by atoms with Gasteiger partial charge < -0.3 is 30.5 Å². The summed E-state index contributed by atoms with van der Waals surface area (Å²) in [7, 11) is 1.08. The molecule has 0 aliphatic carbocycles.